The molecule has 1 N–H and O–H groups in total. The maximum Gasteiger partial charge on any atom is 0.0367 e. The van der Waals surface area contributed by atoms with Gasteiger partial charge in [0.05, 0.1) is 0 Å². The van der Waals surface area contributed by atoms with Crippen LogP contribution in [0.4, 0.5) is 5.69 Å². The molecule has 3 nitrogen and oxygen atoms in total. The van der Waals surface area contributed by atoms with E-state index >= 15 is 0 Å². The van der Waals surface area contributed by atoms with Crippen LogP contribution >= 0.6 is 0 Å². The maximum absolute atomic E-state index is 3.23. The van der Waals surface area contributed by atoms with E-state index in [-0.39, 0.29) is 0 Å². The zero-order valence-electron chi connectivity index (χ0n) is 11.8. The average molecular weight is 247 g/mol. The lowest BCUT2D eigenvalue weighted by Crippen LogP contribution is -2.53. The van der Waals surface area contributed by atoms with Crippen LogP contribution in [0, 0.1) is 6.92 Å². The first-order valence-electron chi connectivity index (χ1n) is 6.91. The topological polar surface area (TPSA) is 18.5 Å². The van der Waals surface area contributed by atoms with Crippen LogP contribution in [0.2, 0.25) is 0 Å². The van der Waals surface area contributed by atoms with Crippen molar-refractivity contribution in [3.63, 3.8) is 0 Å². The second-order valence-electron chi connectivity index (χ2n) is 5.27. The van der Waals surface area contributed by atoms with E-state index in [1.807, 2.05) is 7.05 Å². The molecular formula is C15H25N3. The van der Waals surface area contributed by atoms with Gasteiger partial charge in [0.15, 0.2) is 0 Å². The first-order valence-corrected chi connectivity index (χ1v) is 6.91. The summed E-state index contributed by atoms with van der Waals surface area (Å²) in [6.45, 7) is 10.1. The molecule has 0 radical (unpaired) electrons. The van der Waals surface area contributed by atoms with Crippen LogP contribution in [0.25, 0.3) is 0 Å². The number of benzene rings is 1. The standard InChI is InChI=1S/C15H25N3/c1-13-4-6-15(7-5-13)18-11-10-17(9-8-16-3)14(2)12-18/h4-7,14,16H,8-12H2,1-3H3. The molecule has 0 spiro atoms. The lowest BCUT2D eigenvalue weighted by atomic mass is 10.1. The molecule has 0 aromatic heterocycles. The van der Waals surface area contributed by atoms with Crippen LogP contribution in [0.1, 0.15) is 12.5 Å². The number of likely N-dealkylation sites (N-methyl/N-ethyl adjacent to an activating group) is 1. The Hall–Kier alpha value is -1.06. The zero-order valence-corrected chi connectivity index (χ0v) is 11.8. The van der Waals surface area contributed by atoms with E-state index < -0.39 is 0 Å². The fourth-order valence-electron chi connectivity index (χ4n) is 2.57. The summed E-state index contributed by atoms with van der Waals surface area (Å²) < 4.78 is 0. The number of rotatable bonds is 4. The van der Waals surface area contributed by atoms with E-state index in [0.29, 0.717) is 6.04 Å². The van der Waals surface area contributed by atoms with Crippen LogP contribution in [0.5, 0.6) is 0 Å². The van der Waals surface area contributed by atoms with Crippen LogP contribution in [-0.4, -0.2) is 50.7 Å². The minimum Gasteiger partial charge on any atom is -0.369 e. The third-order valence-electron chi connectivity index (χ3n) is 3.81. The molecule has 100 valence electrons. The molecule has 1 saturated heterocycles. The van der Waals surface area contributed by atoms with Crippen molar-refractivity contribution in [1.82, 2.24) is 10.2 Å². The summed E-state index contributed by atoms with van der Waals surface area (Å²) >= 11 is 0. The van der Waals surface area contributed by atoms with Gasteiger partial charge in [0, 0.05) is 44.5 Å². The molecular weight excluding hydrogens is 222 g/mol. The highest BCUT2D eigenvalue weighted by molar-refractivity contribution is 5.48. The van der Waals surface area contributed by atoms with Crippen molar-refractivity contribution in [3.05, 3.63) is 29.8 Å². The van der Waals surface area contributed by atoms with Gasteiger partial charge >= 0.3 is 0 Å². The molecule has 1 heterocycles. The number of hydrogen-bond acceptors (Lipinski definition) is 3. The molecule has 0 aliphatic carbocycles. The van der Waals surface area contributed by atoms with Gasteiger partial charge in [-0.2, -0.15) is 0 Å². The first-order chi connectivity index (χ1) is 8.70. The third kappa shape index (κ3) is 3.24. The molecule has 0 bridgehead atoms. The molecule has 1 aromatic rings. The van der Waals surface area contributed by atoms with Gasteiger partial charge in [0.25, 0.3) is 0 Å². The summed E-state index contributed by atoms with van der Waals surface area (Å²) in [5, 5.41) is 3.23. The van der Waals surface area contributed by atoms with Crippen molar-refractivity contribution < 1.29 is 0 Å². The monoisotopic (exact) mass is 247 g/mol. The van der Waals surface area contributed by atoms with Crippen molar-refractivity contribution in [1.29, 1.82) is 0 Å². The number of anilines is 1. The summed E-state index contributed by atoms with van der Waals surface area (Å²) in [4.78, 5) is 5.07. The van der Waals surface area contributed by atoms with E-state index in [1.165, 1.54) is 11.3 Å². The predicted octanol–water partition coefficient (Wildman–Crippen LogP) is 1.72. The smallest absolute Gasteiger partial charge is 0.0367 e. The summed E-state index contributed by atoms with van der Waals surface area (Å²) in [6, 6.07) is 9.52. The summed E-state index contributed by atoms with van der Waals surface area (Å²) in [7, 11) is 2.02. The number of nitrogens with one attached hydrogen (secondary N) is 1. The molecule has 1 unspecified atom stereocenters. The third-order valence-corrected chi connectivity index (χ3v) is 3.81. The van der Waals surface area contributed by atoms with Crippen molar-refractivity contribution in [2.45, 2.75) is 19.9 Å². The minimum absolute atomic E-state index is 0.633. The van der Waals surface area contributed by atoms with Crippen LogP contribution in [0.3, 0.4) is 0 Å². The van der Waals surface area contributed by atoms with Gasteiger partial charge in [-0.05, 0) is 33.0 Å². The highest BCUT2D eigenvalue weighted by atomic mass is 15.3. The fraction of sp³-hybridized carbons (Fsp3) is 0.600. The van der Waals surface area contributed by atoms with Crippen molar-refractivity contribution in [2.24, 2.45) is 0 Å². The molecule has 1 aromatic carbocycles. The molecule has 1 aliphatic heterocycles. The van der Waals surface area contributed by atoms with Crippen molar-refractivity contribution >= 4 is 5.69 Å². The van der Waals surface area contributed by atoms with Gasteiger partial charge in [0.1, 0.15) is 0 Å². The van der Waals surface area contributed by atoms with E-state index in [0.717, 1.165) is 32.7 Å². The quantitative estimate of drug-likeness (QED) is 0.874. The Morgan fingerprint density at radius 3 is 2.56 bits per heavy atom. The van der Waals surface area contributed by atoms with Gasteiger partial charge in [0.2, 0.25) is 0 Å². The Bertz CT molecular complexity index is 361. The van der Waals surface area contributed by atoms with Crippen LogP contribution in [0.15, 0.2) is 24.3 Å². The summed E-state index contributed by atoms with van der Waals surface area (Å²) in [6.07, 6.45) is 0. The maximum atomic E-state index is 3.23. The van der Waals surface area contributed by atoms with E-state index in [2.05, 4.69) is 53.2 Å². The number of piperazine rings is 1. The lowest BCUT2D eigenvalue weighted by molar-refractivity contribution is 0.191. The Kier molecular flexibility index (Phi) is 4.61. The zero-order chi connectivity index (χ0) is 13.0. The molecule has 3 heteroatoms. The largest absolute Gasteiger partial charge is 0.369 e. The van der Waals surface area contributed by atoms with Gasteiger partial charge < -0.3 is 10.2 Å². The Morgan fingerprint density at radius 1 is 1.22 bits per heavy atom. The normalized spacial score (nSPS) is 21.3. The first kappa shape index (κ1) is 13.4. The molecule has 2 rings (SSSR count). The molecule has 0 amide bonds. The SMILES string of the molecule is CNCCN1CCN(c2ccc(C)cc2)CC1C. The van der Waals surface area contributed by atoms with Crippen LogP contribution < -0.4 is 10.2 Å². The van der Waals surface area contributed by atoms with Gasteiger partial charge in [-0.3, -0.25) is 4.90 Å². The number of hydrogen-bond donors (Lipinski definition) is 1. The highest BCUT2D eigenvalue weighted by Crippen LogP contribution is 2.19. The van der Waals surface area contributed by atoms with Gasteiger partial charge in [-0.25, -0.2) is 0 Å². The van der Waals surface area contributed by atoms with E-state index in [1.54, 1.807) is 0 Å². The fourth-order valence-corrected chi connectivity index (χ4v) is 2.57. The van der Waals surface area contributed by atoms with E-state index in [4.69, 9.17) is 0 Å². The van der Waals surface area contributed by atoms with E-state index in [9.17, 15) is 0 Å². The summed E-state index contributed by atoms with van der Waals surface area (Å²) in [5.41, 5.74) is 2.69. The lowest BCUT2D eigenvalue weighted by Gasteiger charge is -2.41. The van der Waals surface area contributed by atoms with Gasteiger partial charge in [-0.1, -0.05) is 17.7 Å². The average Bonchev–Trinajstić information content (AvgIpc) is 2.38. The second kappa shape index (κ2) is 6.21. The molecule has 1 aliphatic rings. The second-order valence-corrected chi connectivity index (χ2v) is 5.27. The number of nitrogens with zero attached hydrogens (tertiary/aromatic N) is 2. The molecule has 18 heavy (non-hydrogen) atoms. The minimum atomic E-state index is 0.633. The molecule has 1 atom stereocenters. The Morgan fingerprint density at radius 2 is 1.94 bits per heavy atom. The summed E-state index contributed by atoms with van der Waals surface area (Å²) in [5.74, 6) is 0. The highest BCUT2D eigenvalue weighted by Gasteiger charge is 2.22. The molecule has 1 fully saturated rings. The van der Waals surface area contributed by atoms with Gasteiger partial charge in [-0.15, -0.1) is 0 Å². The molecule has 0 saturated carbocycles. The Balaban J connectivity index is 1.93. The Labute approximate surface area is 111 Å². The van der Waals surface area contributed by atoms with Crippen LogP contribution in [-0.2, 0) is 0 Å². The van der Waals surface area contributed by atoms with Crippen molar-refractivity contribution in [3.8, 4) is 0 Å². The van der Waals surface area contributed by atoms with Crippen molar-refractivity contribution in [2.75, 3.05) is 44.7 Å². The number of aryl methyl sites for hydroxylation is 1. The predicted molar refractivity (Wildman–Crippen MR) is 78.4 cm³/mol.